The van der Waals surface area contributed by atoms with Crippen LogP contribution in [0.1, 0.15) is 18.4 Å². The summed E-state index contributed by atoms with van der Waals surface area (Å²) in [6.45, 7) is 3.49. The monoisotopic (exact) mass is 449 g/mol. The average molecular weight is 450 g/mol. The Bertz CT molecular complexity index is 1090. The van der Waals surface area contributed by atoms with Gasteiger partial charge in [-0.05, 0) is 47.8 Å². The number of piperidine rings is 1. The first-order chi connectivity index (χ1) is 12.9. The van der Waals surface area contributed by atoms with Gasteiger partial charge in [0.25, 0.3) is 10.0 Å². The van der Waals surface area contributed by atoms with E-state index in [9.17, 15) is 8.42 Å². The Balaban J connectivity index is 1.84. The van der Waals surface area contributed by atoms with Gasteiger partial charge in [0.2, 0.25) is 0 Å². The number of hydrogen-bond acceptors (Lipinski definition) is 6. The van der Waals surface area contributed by atoms with Crippen LogP contribution in [-0.2, 0) is 10.0 Å². The number of hydrogen-bond donors (Lipinski definition) is 1. The predicted octanol–water partition coefficient (Wildman–Crippen LogP) is 2.67. The zero-order chi connectivity index (χ0) is 19.2. The van der Waals surface area contributed by atoms with Gasteiger partial charge in [0.1, 0.15) is 12.1 Å². The van der Waals surface area contributed by atoms with E-state index in [1.807, 2.05) is 6.92 Å². The number of aryl methyl sites for hydroxylation is 1. The van der Waals surface area contributed by atoms with Gasteiger partial charge in [-0.1, -0.05) is 17.7 Å². The molecular formula is C18H20BrN5O2S. The van der Waals surface area contributed by atoms with Crippen LogP contribution in [0, 0.1) is 6.92 Å². The van der Waals surface area contributed by atoms with Crippen molar-refractivity contribution in [2.45, 2.75) is 30.7 Å². The fourth-order valence-corrected chi connectivity index (χ4v) is 5.35. The van der Waals surface area contributed by atoms with E-state index in [1.165, 1.54) is 10.3 Å². The van der Waals surface area contributed by atoms with Crippen molar-refractivity contribution in [3.8, 4) is 0 Å². The molecule has 1 fully saturated rings. The highest BCUT2D eigenvalue weighted by Gasteiger charge is 2.26. The van der Waals surface area contributed by atoms with E-state index < -0.39 is 10.0 Å². The summed E-state index contributed by atoms with van der Waals surface area (Å²) in [6, 6.07) is 6.99. The molecule has 2 N–H and O–H groups in total. The first kappa shape index (κ1) is 18.4. The highest BCUT2D eigenvalue weighted by atomic mass is 79.9. The lowest BCUT2D eigenvalue weighted by atomic mass is 10.1. The SMILES string of the molecule is Cc1ccc(S(=O)(=O)n2cc(Br)c3c(N4CCC(N)CC4)ncnc32)cc1. The Kier molecular flexibility index (Phi) is 4.69. The third-order valence-electron chi connectivity index (χ3n) is 4.90. The van der Waals surface area contributed by atoms with E-state index in [2.05, 4.69) is 30.8 Å². The minimum absolute atomic E-state index is 0.202. The Hall–Kier alpha value is -1.97. The Morgan fingerprint density at radius 2 is 1.81 bits per heavy atom. The summed E-state index contributed by atoms with van der Waals surface area (Å²) in [7, 11) is -3.76. The molecule has 1 aliphatic heterocycles. The van der Waals surface area contributed by atoms with Gasteiger partial charge in [-0.25, -0.2) is 22.4 Å². The van der Waals surface area contributed by atoms with Crippen LogP contribution in [0.15, 0.2) is 46.2 Å². The molecule has 0 radical (unpaired) electrons. The molecule has 2 aromatic heterocycles. The van der Waals surface area contributed by atoms with Crippen LogP contribution >= 0.6 is 15.9 Å². The Labute approximate surface area is 166 Å². The average Bonchev–Trinajstić information content (AvgIpc) is 3.01. The minimum Gasteiger partial charge on any atom is -0.356 e. The number of benzene rings is 1. The van der Waals surface area contributed by atoms with Crippen molar-refractivity contribution in [3.05, 3.63) is 46.8 Å². The molecule has 0 spiro atoms. The molecule has 1 saturated heterocycles. The molecule has 9 heteroatoms. The van der Waals surface area contributed by atoms with Gasteiger partial charge in [0, 0.05) is 29.8 Å². The quantitative estimate of drug-likeness (QED) is 0.660. The molecular weight excluding hydrogens is 430 g/mol. The van der Waals surface area contributed by atoms with E-state index >= 15 is 0 Å². The second-order valence-corrected chi connectivity index (χ2v) is 9.48. The van der Waals surface area contributed by atoms with Crippen LogP contribution in [0.25, 0.3) is 11.0 Å². The van der Waals surface area contributed by atoms with Gasteiger partial charge < -0.3 is 10.6 Å². The van der Waals surface area contributed by atoms with Crippen molar-refractivity contribution in [3.63, 3.8) is 0 Å². The van der Waals surface area contributed by atoms with Crippen molar-refractivity contribution in [1.82, 2.24) is 13.9 Å². The molecule has 0 amide bonds. The number of fused-ring (bicyclic) bond motifs is 1. The predicted molar refractivity (Wildman–Crippen MR) is 108 cm³/mol. The molecule has 0 bridgehead atoms. The van der Waals surface area contributed by atoms with Crippen molar-refractivity contribution in [2.24, 2.45) is 5.73 Å². The Morgan fingerprint density at radius 3 is 2.48 bits per heavy atom. The number of aromatic nitrogens is 3. The third-order valence-corrected chi connectivity index (χ3v) is 7.17. The molecule has 0 atom stereocenters. The molecule has 0 unspecified atom stereocenters. The standard InChI is InChI=1S/C18H20BrN5O2S/c1-12-2-4-14(5-3-12)27(25,26)24-10-15(19)16-17(21-11-22-18(16)24)23-8-6-13(20)7-9-23/h2-5,10-11,13H,6-9,20H2,1H3. The van der Waals surface area contributed by atoms with Gasteiger partial charge >= 0.3 is 0 Å². The summed E-state index contributed by atoms with van der Waals surface area (Å²) in [5.41, 5.74) is 7.37. The van der Waals surface area contributed by atoms with Crippen LogP contribution in [0.3, 0.4) is 0 Å². The molecule has 4 rings (SSSR count). The lowest BCUT2D eigenvalue weighted by molar-refractivity contribution is 0.499. The number of nitrogens with zero attached hydrogens (tertiary/aromatic N) is 4. The van der Waals surface area contributed by atoms with Crippen molar-refractivity contribution < 1.29 is 8.42 Å². The molecule has 0 saturated carbocycles. The summed E-state index contributed by atoms with van der Waals surface area (Å²) < 4.78 is 28.2. The molecule has 3 heterocycles. The number of halogens is 1. The molecule has 0 aliphatic carbocycles. The molecule has 7 nitrogen and oxygen atoms in total. The van der Waals surface area contributed by atoms with Crippen LogP contribution in [0.2, 0.25) is 0 Å². The van der Waals surface area contributed by atoms with E-state index in [1.54, 1.807) is 30.5 Å². The van der Waals surface area contributed by atoms with Crippen molar-refractivity contribution in [2.75, 3.05) is 18.0 Å². The van der Waals surface area contributed by atoms with Crippen LogP contribution in [0.4, 0.5) is 5.82 Å². The fourth-order valence-electron chi connectivity index (χ4n) is 3.33. The molecule has 3 aromatic rings. The highest BCUT2D eigenvalue weighted by Crippen LogP contribution is 2.34. The van der Waals surface area contributed by atoms with E-state index in [4.69, 9.17) is 5.73 Å². The summed E-state index contributed by atoms with van der Waals surface area (Å²) in [6.07, 6.45) is 4.73. The first-order valence-corrected chi connectivity index (χ1v) is 11.0. The zero-order valence-electron chi connectivity index (χ0n) is 14.8. The summed E-state index contributed by atoms with van der Waals surface area (Å²) in [4.78, 5) is 11.1. The number of nitrogens with two attached hydrogens (primary N) is 1. The molecule has 1 aromatic carbocycles. The normalized spacial score (nSPS) is 16.2. The number of rotatable bonds is 3. The number of anilines is 1. The van der Waals surface area contributed by atoms with Gasteiger partial charge in [0.15, 0.2) is 5.65 Å². The lowest BCUT2D eigenvalue weighted by Gasteiger charge is -2.31. The van der Waals surface area contributed by atoms with Crippen LogP contribution in [0.5, 0.6) is 0 Å². The van der Waals surface area contributed by atoms with E-state index in [0.29, 0.717) is 15.5 Å². The second kappa shape index (κ2) is 6.88. The minimum atomic E-state index is -3.76. The largest absolute Gasteiger partial charge is 0.356 e. The van der Waals surface area contributed by atoms with E-state index in [0.717, 1.165) is 37.3 Å². The van der Waals surface area contributed by atoms with Gasteiger partial charge in [0.05, 0.1) is 10.3 Å². The zero-order valence-corrected chi connectivity index (χ0v) is 17.2. The highest BCUT2D eigenvalue weighted by molar-refractivity contribution is 9.10. The smallest absolute Gasteiger partial charge is 0.269 e. The lowest BCUT2D eigenvalue weighted by Crippen LogP contribution is -2.40. The van der Waals surface area contributed by atoms with Crippen LogP contribution < -0.4 is 10.6 Å². The molecule has 142 valence electrons. The van der Waals surface area contributed by atoms with Gasteiger partial charge in [-0.15, -0.1) is 0 Å². The van der Waals surface area contributed by atoms with Crippen molar-refractivity contribution >= 4 is 42.8 Å². The molecule has 27 heavy (non-hydrogen) atoms. The maximum atomic E-state index is 13.2. The maximum Gasteiger partial charge on any atom is 0.269 e. The third kappa shape index (κ3) is 3.24. The van der Waals surface area contributed by atoms with Crippen LogP contribution in [-0.4, -0.2) is 41.5 Å². The Morgan fingerprint density at radius 1 is 1.15 bits per heavy atom. The second-order valence-electron chi connectivity index (χ2n) is 6.81. The fraction of sp³-hybridized carbons (Fsp3) is 0.333. The summed E-state index contributed by atoms with van der Waals surface area (Å²) >= 11 is 3.51. The first-order valence-electron chi connectivity index (χ1n) is 8.72. The molecule has 1 aliphatic rings. The van der Waals surface area contributed by atoms with E-state index in [-0.39, 0.29) is 10.9 Å². The van der Waals surface area contributed by atoms with Gasteiger partial charge in [-0.2, -0.15) is 0 Å². The maximum absolute atomic E-state index is 13.2. The summed E-state index contributed by atoms with van der Waals surface area (Å²) in [5.74, 6) is 0.733. The van der Waals surface area contributed by atoms with Crippen molar-refractivity contribution in [1.29, 1.82) is 0 Å². The van der Waals surface area contributed by atoms with Gasteiger partial charge in [-0.3, -0.25) is 0 Å². The topological polar surface area (TPSA) is 94.1 Å². The summed E-state index contributed by atoms with van der Waals surface area (Å²) in [5, 5.41) is 0.698.